The van der Waals surface area contributed by atoms with Crippen LogP contribution in [0.25, 0.3) is 0 Å². The third kappa shape index (κ3) is 6.95. The molecule has 1 amide bonds. The van der Waals surface area contributed by atoms with Crippen LogP contribution in [0.4, 0.5) is 18.0 Å². The molecule has 5 nitrogen and oxygen atoms in total. The van der Waals surface area contributed by atoms with Crippen molar-refractivity contribution in [2.24, 2.45) is 0 Å². The first kappa shape index (κ1) is 17.0. The fourth-order valence-corrected chi connectivity index (χ4v) is 1.85. The zero-order valence-electron chi connectivity index (χ0n) is 11.9. The van der Waals surface area contributed by atoms with E-state index in [0.717, 1.165) is 0 Å². The maximum Gasteiger partial charge on any atom is 0.522 e. The molecule has 1 aliphatic heterocycles. The molecule has 20 heavy (non-hydrogen) atoms. The minimum absolute atomic E-state index is 0.0284. The second kappa shape index (κ2) is 6.62. The van der Waals surface area contributed by atoms with E-state index in [1.165, 1.54) is 0 Å². The molecule has 1 rings (SSSR count). The number of rotatable bonds is 4. The summed E-state index contributed by atoms with van der Waals surface area (Å²) >= 11 is 0. The molecule has 1 fully saturated rings. The van der Waals surface area contributed by atoms with Crippen molar-refractivity contribution in [1.29, 1.82) is 0 Å². The van der Waals surface area contributed by atoms with Crippen LogP contribution in [0.2, 0.25) is 0 Å². The van der Waals surface area contributed by atoms with Crippen LogP contribution in [0, 0.1) is 0 Å². The summed E-state index contributed by atoms with van der Waals surface area (Å²) in [4.78, 5) is 13.3. The lowest BCUT2D eigenvalue weighted by Gasteiger charge is -2.24. The number of amides is 1. The van der Waals surface area contributed by atoms with Crippen molar-refractivity contribution in [1.82, 2.24) is 10.2 Å². The Balaban J connectivity index is 2.22. The molecule has 0 unspecified atom stereocenters. The number of likely N-dealkylation sites (tertiary alicyclic amines) is 1. The SMILES string of the molecule is CC(C)(C)OC(=O)N1CC[C@@H](NCCOC(F)(F)F)C1. The maximum absolute atomic E-state index is 11.8. The molecular weight excluding hydrogens is 277 g/mol. The number of hydrogen-bond acceptors (Lipinski definition) is 4. The normalized spacial score (nSPS) is 20.3. The molecule has 1 atom stereocenters. The summed E-state index contributed by atoms with van der Waals surface area (Å²) in [6.45, 7) is 5.97. The summed E-state index contributed by atoms with van der Waals surface area (Å²) in [5, 5.41) is 2.93. The van der Waals surface area contributed by atoms with E-state index in [1.807, 2.05) is 0 Å². The van der Waals surface area contributed by atoms with Crippen molar-refractivity contribution in [2.45, 2.75) is 45.2 Å². The zero-order chi connectivity index (χ0) is 15.4. The van der Waals surface area contributed by atoms with E-state index in [0.29, 0.717) is 19.5 Å². The van der Waals surface area contributed by atoms with Gasteiger partial charge in [0.15, 0.2) is 0 Å². The van der Waals surface area contributed by atoms with E-state index < -0.39 is 24.7 Å². The van der Waals surface area contributed by atoms with E-state index in [1.54, 1.807) is 25.7 Å². The Kier molecular flexibility index (Phi) is 5.64. The van der Waals surface area contributed by atoms with Crippen LogP contribution in [0.3, 0.4) is 0 Å². The maximum atomic E-state index is 11.8. The fraction of sp³-hybridized carbons (Fsp3) is 0.917. The largest absolute Gasteiger partial charge is 0.522 e. The number of nitrogens with one attached hydrogen (secondary N) is 1. The molecule has 0 aliphatic carbocycles. The van der Waals surface area contributed by atoms with Crippen LogP contribution in [0.1, 0.15) is 27.2 Å². The number of hydrogen-bond donors (Lipinski definition) is 1. The van der Waals surface area contributed by atoms with Gasteiger partial charge in [0.25, 0.3) is 0 Å². The van der Waals surface area contributed by atoms with Gasteiger partial charge in [-0.3, -0.25) is 4.74 Å². The van der Waals surface area contributed by atoms with E-state index >= 15 is 0 Å². The lowest BCUT2D eigenvalue weighted by atomic mass is 10.2. The Morgan fingerprint density at radius 1 is 1.35 bits per heavy atom. The number of carbonyl (C=O) groups excluding carboxylic acids is 1. The zero-order valence-corrected chi connectivity index (χ0v) is 11.9. The van der Waals surface area contributed by atoms with E-state index in [-0.39, 0.29) is 12.6 Å². The highest BCUT2D eigenvalue weighted by molar-refractivity contribution is 5.68. The molecule has 0 spiro atoms. The summed E-state index contributed by atoms with van der Waals surface area (Å²) in [5.41, 5.74) is -0.552. The first-order valence-electron chi connectivity index (χ1n) is 6.49. The average molecular weight is 298 g/mol. The Morgan fingerprint density at radius 3 is 2.55 bits per heavy atom. The van der Waals surface area contributed by atoms with Gasteiger partial charge in [0.1, 0.15) is 5.60 Å². The number of ether oxygens (including phenoxy) is 2. The van der Waals surface area contributed by atoms with Crippen LogP contribution in [0.5, 0.6) is 0 Å². The van der Waals surface area contributed by atoms with Crippen LogP contribution in [-0.4, -0.2) is 55.2 Å². The highest BCUT2D eigenvalue weighted by Gasteiger charge is 2.31. The standard InChI is InChI=1S/C12H21F3N2O3/c1-11(2,3)20-10(18)17-6-4-9(8-17)16-5-7-19-12(13,14)15/h9,16H,4-8H2,1-3H3/t9-/m1/s1. The van der Waals surface area contributed by atoms with Gasteiger partial charge in [0, 0.05) is 25.7 Å². The van der Waals surface area contributed by atoms with Gasteiger partial charge >= 0.3 is 12.5 Å². The third-order valence-corrected chi connectivity index (χ3v) is 2.64. The van der Waals surface area contributed by atoms with Crippen molar-refractivity contribution in [3.05, 3.63) is 0 Å². The Hall–Kier alpha value is -1.02. The number of halogens is 3. The van der Waals surface area contributed by atoms with Crippen LogP contribution in [0.15, 0.2) is 0 Å². The Morgan fingerprint density at radius 2 is 2.00 bits per heavy atom. The van der Waals surface area contributed by atoms with Crippen molar-refractivity contribution in [3.8, 4) is 0 Å². The monoisotopic (exact) mass is 298 g/mol. The van der Waals surface area contributed by atoms with E-state index in [9.17, 15) is 18.0 Å². The van der Waals surface area contributed by atoms with Crippen molar-refractivity contribution in [3.63, 3.8) is 0 Å². The molecule has 1 aliphatic rings. The van der Waals surface area contributed by atoms with Gasteiger partial charge in [0.2, 0.25) is 0 Å². The molecule has 1 N–H and O–H groups in total. The van der Waals surface area contributed by atoms with E-state index in [2.05, 4.69) is 10.1 Å². The lowest BCUT2D eigenvalue weighted by molar-refractivity contribution is -0.323. The molecule has 1 saturated heterocycles. The van der Waals surface area contributed by atoms with Crippen molar-refractivity contribution in [2.75, 3.05) is 26.2 Å². The molecule has 0 aromatic carbocycles. The molecule has 8 heteroatoms. The lowest BCUT2D eigenvalue weighted by Crippen LogP contribution is -2.39. The molecule has 0 bridgehead atoms. The van der Waals surface area contributed by atoms with E-state index in [4.69, 9.17) is 4.74 Å². The van der Waals surface area contributed by atoms with Gasteiger partial charge in [0.05, 0.1) is 6.61 Å². The van der Waals surface area contributed by atoms with Gasteiger partial charge < -0.3 is 15.0 Å². The van der Waals surface area contributed by atoms with Crippen LogP contribution < -0.4 is 5.32 Å². The summed E-state index contributed by atoms with van der Waals surface area (Å²) in [5.74, 6) is 0. The molecule has 0 radical (unpaired) electrons. The molecule has 118 valence electrons. The number of carbonyl (C=O) groups is 1. The van der Waals surface area contributed by atoms with Gasteiger partial charge in [-0.2, -0.15) is 0 Å². The second-order valence-corrected chi connectivity index (χ2v) is 5.66. The third-order valence-electron chi connectivity index (χ3n) is 2.64. The molecule has 0 saturated carbocycles. The first-order chi connectivity index (χ1) is 9.07. The summed E-state index contributed by atoms with van der Waals surface area (Å²) in [7, 11) is 0. The summed E-state index contributed by atoms with van der Waals surface area (Å²) in [6, 6.07) is -0.0284. The minimum atomic E-state index is -4.60. The number of alkyl halides is 3. The topological polar surface area (TPSA) is 50.8 Å². The van der Waals surface area contributed by atoms with Gasteiger partial charge in [-0.15, -0.1) is 13.2 Å². The Labute approximate surface area is 116 Å². The average Bonchev–Trinajstić information content (AvgIpc) is 2.69. The summed E-state index contributed by atoms with van der Waals surface area (Å²) in [6.07, 6.45) is -4.31. The predicted molar refractivity (Wildman–Crippen MR) is 66.2 cm³/mol. The predicted octanol–water partition coefficient (Wildman–Crippen LogP) is 2.12. The number of nitrogens with zero attached hydrogens (tertiary/aromatic N) is 1. The smallest absolute Gasteiger partial charge is 0.444 e. The van der Waals surface area contributed by atoms with Crippen molar-refractivity contribution < 1.29 is 27.4 Å². The molecule has 0 aromatic heterocycles. The summed E-state index contributed by atoms with van der Waals surface area (Å²) < 4.78 is 44.2. The molecule has 1 heterocycles. The second-order valence-electron chi connectivity index (χ2n) is 5.66. The quantitative estimate of drug-likeness (QED) is 0.808. The highest BCUT2D eigenvalue weighted by Crippen LogP contribution is 2.16. The van der Waals surface area contributed by atoms with Gasteiger partial charge in [-0.1, -0.05) is 0 Å². The Bertz CT molecular complexity index is 329. The van der Waals surface area contributed by atoms with Crippen LogP contribution in [-0.2, 0) is 9.47 Å². The molecule has 0 aromatic rings. The van der Waals surface area contributed by atoms with Crippen LogP contribution >= 0.6 is 0 Å². The minimum Gasteiger partial charge on any atom is -0.444 e. The van der Waals surface area contributed by atoms with Gasteiger partial charge in [-0.05, 0) is 27.2 Å². The van der Waals surface area contributed by atoms with Crippen molar-refractivity contribution >= 4 is 6.09 Å². The molecular formula is C12H21F3N2O3. The van der Waals surface area contributed by atoms with Gasteiger partial charge in [-0.25, -0.2) is 4.79 Å². The first-order valence-corrected chi connectivity index (χ1v) is 6.49. The fourth-order valence-electron chi connectivity index (χ4n) is 1.85. The highest BCUT2D eigenvalue weighted by atomic mass is 19.4.